The lowest BCUT2D eigenvalue weighted by molar-refractivity contribution is -0.288. The summed E-state index contributed by atoms with van der Waals surface area (Å²) in [5, 5.41) is 20.0. The van der Waals surface area contributed by atoms with Gasteiger partial charge in [-0.2, -0.15) is 0 Å². The van der Waals surface area contributed by atoms with Crippen LogP contribution in [0.4, 0.5) is 0 Å². The molecule has 0 aromatic rings. The topological polar surface area (TPSA) is 112 Å². The summed E-state index contributed by atoms with van der Waals surface area (Å²) in [4.78, 5) is 24.1. The van der Waals surface area contributed by atoms with Crippen molar-refractivity contribution >= 4 is 11.9 Å². The van der Waals surface area contributed by atoms with Gasteiger partial charge in [-0.15, -0.1) is 0 Å². The van der Waals surface area contributed by atoms with Gasteiger partial charge < -0.3 is 29.2 Å². The molecule has 9 atom stereocenters. The Bertz CT molecular complexity index is 586. The summed E-state index contributed by atoms with van der Waals surface area (Å²) in [7, 11) is 1.24. The van der Waals surface area contributed by atoms with E-state index in [-0.39, 0.29) is 0 Å². The number of methoxy groups -OCH3 is 1. The minimum atomic E-state index is -1.37. The van der Waals surface area contributed by atoms with Crippen LogP contribution in [0.25, 0.3) is 0 Å². The Hall–Kier alpha value is -1.48. The number of rotatable bonds is 2. The lowest BCUT2D eigenvalue weighted by Crippen LogP contribution is -2.52. The largest absolute Gasteiger partial charge is 0.469 e. The first kappa shape index (κ1) is 15.1. The van der Waals surface area contributed by atoms with E-state index in [1.807, 2.05) is 0 Å². The molecule has 1 spiro atoms. The van der Waals surface area contributed by atoms with E-state index < -0.39 is 66.0 Å². The Kier molecular flexibility index (Phi) is 3.12. The molecule has 4 aliphatic rings. The second-order valence-electron chi connectivity index (χ2n) is 6.50. The van der Waals surface area contributed by atoms with Gasteiger partial charge in [-0.25, -0.2) is 0 Å². The summed E-state index contributed by atoms with van der Waals surface area (Å²) in [6.07, 6.45) is -0.392. The minimum Gasteiger partial charge on any atom is -0.469 e. The van der Waals surface area contributed by atoms with Crippen LogP contribution in [0.3, 0.4) is 0 Å². The highest BCUT2D eigenvalue weighted by molar-refractivity contribution is 5.79. The summed E-state index contributed by atoms with van der Waals surface area (Å²) < 4.78 is 21.6. The second kappa shape index (κ2) is 4.76. The number of ether oxygens (including phenoxy) is 4. The SMILES string of the molecule is COC(=O)[C@H]1C2C=C[C@]34OC(=O)[C@@H]([C@H](C)O)[C@@H]3O[C@H](O[C@@H]1O)[C@@H]24. The van der Waals surface area contributed by atoms with Gasteiger partial charge in [0.25, 0.3) is 0 Å². The molecule has 1 unspecified atom stereocenters. The van der Waals surface area contributed by atoms with Crippen LogP contribution in [0.1, 0.15) is 6.92 Å². The number of hydrogen-bond acceptors (Lipinski definition) is 8. The first-order chi connectivity index (χ1) is 10.9. The molecule has 126 valence electrons. The molecule has 2 N–H and O–H groups in total. The maximum absolute atomic E-state index is 12.1. The lowest BCUT2D eigenvalue weighted by atomic mass is 9.74. The molecule has 0 amide bonds. The summed E-state index contributed by atoms with van der Waals surface area (Å²) in [6, 6.07) is 0. The van der Waals surface area contributed by atoms with Crippen LogP contribution in [0, 0.1) is 23.7 Å². The van der Waals surface area contributed by atoms with Gasteiger partial charge in [-0.05, 0) is 13.0 Å². The third-order valence-corrected chi connectivity index (χ3v) is 5.40. The fourth-order valence-corrected chi connectivity index (χ4v) is 4.43. The van der Waals surface area contributed by atoms with Gasteiger partial charge in [0.1, 0.15) is 17.9 Å². The van der Waals surface area contributed by atoms with E-state index in [4.69, 9.17) is 18.9 Å². The number of aliphatic hydroxyl groups excluding tert-OH is 2. The molecule has 1 aliphatic carbocycles. The van der Waals surface area contributed by atoms with Crippen molar-refractivity contribution in [2.45, 2.75) is 37.3 Å². The molecule has 0 bridgehead atoms. The fourth-order valence-electron chi connectivity index (χ4n) is 4.43. The van der Waals surface area contributed by atoms with Crippen LogP contribution < -0.4 is 0 Å². The molecule has 0 aromatic heterocycles. The zero-order chi connectivity index (χ0) is 16.5. The van der Waals surface area contributed by atoms with Gasteiger partial charge >= 0.3 is 11.9 Å². The molecule has 23 heavy (non-hydrogen) atoms. The Balaban J connectivity index is 1.73. The molecular weight excluding hydrogens is 308 g/mol. The van der Waals surface area contributed by atoms with Gasteiger partial charge in [0, 0.05) is 5.92 Å². The highest BCUT2D eigenvalue weighted by Gasteiger charge is 2.73. The normalized spacial score (nSPS) is 51.1. The van der Waals surface area contributed by atoms with Gasteiger partial charge in [-0.3, -0.25) is 9.59 Å². The van der Waals surface area contributed by atoms with Gasteiger partial charge in [0.15, 0.2) is 18.2 Å². The first-order valence-corrected chi connectivity index (χ1v) is 7.58. The summed E-state index contributed by atoms with van der Waals surface area (Å²) in [6.45, 7) is 1.50. The standard InChI is InChI=1S/C15H18O8/c1-5(16)7-10-15(23-13(7)19)4-3-6-8(11(17)20-2)12(18)22-14(21-10)9(6)15/h3-10,12,14,16,18H,1-2H3/t5-,6?,7-,8+,9+,10-,12-,14+,15+/m0/s1. The molecule has 4 rings (SSSR count). The predicted octanol–water partition coefficient (Wildman–Crippen LogP) is -1.06. The number of carbonyl (C=O) groups excluding carboxylic acids is 2. The van der Waals surface area contributed by atoms with Crippen molar-refractivity contribution in [2.75, 3.05) is 7.11 Å². The molecular formula is C15H18O8. The summed E-state index contributed by atoms with van der Waals surface area (Å²) >= 11 is 0. The van der Waals surface area contributed by atoms with Crippen molar-refractivity contribution in [1.82, 2.24) is 0 Å². The third-order valence-electron chi connectivity index (χ3n) is 5.40. The summed E-state index contributed by atoms with van der Waals surface area (Å²) in [5.41, 5.74) is -1.07. The van der Waals surface area contributed by atoms with E-state index in [2.05, 4.69) is 0 Å². The molecule has 3 heterocycles. The molecule has 0 saturated carbocycles. The molecule has 8 nitrogen and oxygen atoms in total. The Morgan fingerprint density at radius 1 is 1.43 bits per heavy atom. The Morgan fingerprint density at radius 3 is 2.83 bits per heavy atom. The average Bonchev–Trinajstić information content (AvgIpc) is 3.06. The Labute approximate surface area is 132 Å². The van der Waals surface area contributed by atoms with Crippen LogP contribution in [0.5, 0.6) is 0 Å². The van der Waals surface area contributed by atoms with Crippen LogP contribution in [0.15, 0.2) is 12.2 Å². The zero-order valence-corrected chi connectivity index (χ0v) is 12.6. The van der Waals surface area contributed by atoms with E-state index in [1.54, 1.807) is 12.2 Å². The van der Waals surface area contributed by atoms with Crippen LogP contribution in [-0.2, 0) is 28.5 Å². The number of carbonyl (C=O) groups is 2. The molecule has 3 saturated heterocycles. The monoisotopic (exact) mass is 326 g/mol. The molecule has 3 fully saturated rings. The van der Waals surface area contributed by atoms with Crippen molar-refractivity contribution in [3.8, 4) is 0 Å². The van der Waals surface area contributed by atoms with E-state index in [0.29, 0.717) is 0 Å². The van der Waals surface area contributed by atoms with Crippen molar-refractivity contribution in [3.63, 3.8) is 0 Å². The molecule has 0 radical (unpaired) electrons. The molecule has 0 aromatic carbocycles. The number of esters is 2. The van der Waals surface area contributed by atoms with Gasteiger partial charge in [-0.1, -0.05) is 6.08 Å². The average molecular weight is 326 g/mol. The van der Waals surface area contributed by atoms with Crippen molar-refractivity contribution < 1.29 is 38.7 Å². The maximum Gasteiger partial charge on any atom is 0.315 e. The maximum atomic E-state index is 12.1. The highest BCUT2D eigenvalue weighted by atomic mass is 16.8. The highest BCUT2D eigenvalue weighted by Crippen LogP contribution is 2.59. The minimum absolute atomic E-state index is 0.429. The number of hydrogen-bond donors (Lipinski definition) is 2. The van der Waals surface area contributed by atoms with Gasteiger partial charge in [0.2, 0.25) is 0 Å². The second-order valence-corrected chi connectivity index (χ2v) is 6.50. The first-order valence-electron chi connectivity index (χ1n) is 7.58. The van der Waals surface area contributed by atoms with E-state index in [1.165, 1.54) is 14.0 Å². The smallest absolute Gasteiger partial charge is 0.315 e. The quantitative estimate of drug-likeness (QED) is 0.488. The third kappa shape index (κ3) is 1.74. The van der Waals surface area contributed by atoms with Crippen LogP contribution >= 0.6 is 0 Å². The fraction of sp³-hybridized carbons (Fsp3) is 0.733. The lowest BCUT2D eigenvalue weighted by Gasteiger charge is -2.39. The van der Waals surface area contributed by atoms with E-state index in [9.17, 15) is 19.8 Å². The van der Waals surface area contributed by atoms with Crippen molar-refractivity contribution in [1.29, 1.82) is 0 Å². The molecule has 3 aliphatic heterocycles. The number of allylic oxidation sites excluding steroid dienone is 1. The van der Waals surface area contributed by atoms with Crippen LogP contribution in [0.2, 0.25) is 0 Å². The predicted molar refractivity (Wildman–Crippen MR) is 71.4 cm³/mol. The van der Waals surface area contributed by atoms with E-state index >= 15 is 0 Å². The van der Waals surface area contributed by atoms with Crippen LogP contribution in [-0.4, -0.2) is 59.7 Å². The van der Waals surface area contributed by atoms with Crippen molar-refractivity contribution in [3.05, 3.63) is 12.2 Å². The summed E-state index contributed by atoms with van der Waals surface area (Å²) in [5.74, 6) is -3.75. The van der Waals surface area contributed by atoms with E-state index in [0.717, 1.165) is 0 Å². The Morgan fingerprint density at radius 2 is 2.17 bits per heavy atom. The van der Waals surface area contributed by atoms with Gasteiger partial charge in [0.05, 0.1) is 19.1 Å². The number of aliphatic hydroxyl groups is 2. The molecule has 8 heteroatoms. The zero-order valence-electron chi connectivity index (χ0n) is 12.6. The van der Waals surface area contributed by atoms with Crippen molar-refractivity contribution in [2.24, 2.45) is 23.7 Å².